The van der Waals surface area contributed by atoms with Gasteiger partial charge in [-0.2, -0.15) is 0 Å². The third-order valence-electron chi connectivity index (χ3n) is 0. The molecule has 0 bridgehead atoms. The molecule has 0 aromatic rings. The quantitative estimate of drug-likeness (QED) is 0.283. The van der Waals surface area contributed by atoms with Crippen LogP contribution in [0.25, 0.3) is 0 Å². The molecule has 0 saturated carbocycles. The summed E-state index contributed by atoms with van der Waals surface area (Å²) >= 11 is 0. The van der Waals surface area contributed by atoms with Crippen LogP contribution >= 0.6 is 0 Å². The van der Waals surface area contributed by atoms with Crippen LogP contribution < -0.4 is 80.9 Å². The molecule has 9 radical (unpaired) electrons. The average molecular weight is 127 g/mol. The summed E-state index contributed by atoms with van der Waals surface area (Å²) in [7, 11) is 0. The van der Waals surface area contributed by atoms with E-state index in [1.807, 2.05) is 0 Å². The van der Waals surface area contributed by atoms with Crippen LogP contribution in [0.1, 0.15) is 2.85 Å². The van der Waals surface area contributed by atoms with Crippen molar-refractivity contribution in [1.29, 1.82) is 0 Å². The van der Waals surface area contributed by atoms with Crippen LogP contribution in [0.4, 0.5) is 0 Å². The molecule has 0 rings (SSSR count). The van der Waals surface area contributed by atoms with Crippen molar-refractivity contribution >= 4 is 42.6 Å². The topological polar surface area (TPSA) is 0 Å². The van der Waals surface area contributed by atoms with E-state index in [1.54, 1.807) is 0 Å². The van der Waals surface area contributed by atoms with Crippen molar-refractivity contribution in [1.82, 2.24) is 0 Å². The molecule has 0 aliphatic heterocycles. The fourth-order valence-corrected chi connectivity index (χ4v) is 0. The van der Waals surface area contributed by atoms with E-state index in [4.69, 9.17) is 0 Å². The SMILES string of the molecule is [AlH3].[B].[B].[B].[H-].[H-].[K+].[Na+]. The van der Waals surface area contributed by atoms with Gasteiger partial charge in [-0.3, -0.25) is 0 Å². The summed E-state index contributed by atoms with van der Waals surface area (Å²) in [6.07, 6.45) is 0. The average Bonchev–Trinajstić information content (AvgIpc) is 0. The summed E-state index contributed by atoms with van der Waals surface area (Å²) in [6.45, 7) is 0. The monoisotopic (exact) mass is 127 g/mol. The molecule has 6 heteroatoms. The van der Waals surface area contributed by atoms with Crippen LogP contribution in [0, 0.1) is 0 Å². The first-order chi connectivity index (χ1) is 0. The smallest absolute Gasteiger partial charge is 1.00 e. The van der Waals surface area contributed by atoms with Gasteiger partial charge in [0.05, 0.1) is 0 Å². The Labute approximate surface area is 124 Å². The van der Waals surface area contributed by atoms with E-state index in [-0.39, 0.29) is 126 Å². The van der Waals surface area contributed by atoms with Gasteiger partial charge in [-0.15, -0.1) is 0 Å². The van der Waals surface area contributed by atoms with Crippen LogP contribution in [0.15, 0.2) is 0 Å². The summed E-state index contributed by atoms with van der Waals surface area (Å²) in [4.78, 5) is 0. The normalized spacial score (nSPS) is 0. The summed E-state index contributed by atoms with van der Waals surface area (Å²) in [5, 5.41) is 0. The second-order valence-electron chi connectivity index (χ2n) is 0. The summed E-state index contributed by atoms with van der Waals surface area (Å²) in [6, 6.07) is 0. The molecule has 0 nitrogen and oxygen atoms in total. The first-order valence-electron chi connectivity index (χ1n) is 0. The Kier molecular flexibility index (Phi) is 387. The summed E-state index contributed by atoms with van der Waals surface area (Å²) < 4.78 is 0. The Morgan fingerprint density at radius 3 is 0.833 bits per heavy atom. The van der Waals surface area contributed by atoms with E-state index in [0.717, 1.165) is 0 Å². The van der Waals surface area contributed by atoms with E-state index in [1.165, 1.54) is 0 Å². The maximum Gasteiger partial charge on any atom is 1.00 e. The molecular weight excluding hydrogens is 122 g/mol. The number of hydrogen-bond donors (Lipinski definition) is 0. The predicted molar refractivity (Wildman–Crippen MR) is 29.4 cm³/mol. The molecule has 6 heavy (non-hydrogen) atoms. The van der Waals surface area contributed by atoms with Crippen molar-refractivity contribution in [3.63, 3.8) is 0 Å². The van der Waals surface area contributed by atoms with Gasteiger partial charge in [0, 0.05) is 25.2 Å². The van der Waals surface area contributed by atoms with Gasteiger partial charge in [-0.1, -0.05) is 0 Å². The standard InChI is InChI=1S/Al.3B.K.Na.5H/q;;;;2*+1;;;;2*-1. The maximum absolute atomic E-state index is 0. The first-order valence-corrected chi connectivity index (χ1v) is 0. The van der Waals surface area contributed by atoms with Crippen LogP contribution in [0.2, 0.25) is 0 Å². The molecule has 0 N–H and O–H groups in total. The second-order valence-corrected chi connectivity index (χ2v) is 0. The van der Waals surface area contributed by atoms with E-state index in [2.05, 4.69) is 0 Å². The molecule has 0 aliphatic rings. The molecule has 0 aromatic heterocycles. The van der Waals surface area contributed by atoms with Crippen molar-refractivity contribution in [2.24, 2.45) is 0 Å². The third kappa shape index (κ3) is 26.4. The summed E-state index contributed by atoms with van der Waals surface area (Å²) in [5.41, 5.74) is 0. The second kappa shape index (κ2) is 40.1. The molecule has 0 atom stereocenters. The summed E-state index contributed by atoms with van der Waals surface area (Å²) in [5.74, 6) is 0. The molecule has 0 amide bonds. The molecule has 0 unspecified atom stereocenters. The third-order valence-corrected chi connectivity index (χ3v) is 0. The van der Waals surface area contributed by atoms with Crippen LogP contribution in [0.3, 0.4) is 0 Å². The zero-order chi connectivity index (χ0) is 0. The minimum Gasteiger partial charge on any atom is -1.00 e. The fourth-order valence-electron chi connectivity index (χ4n) is 0. The molecule has 19 valence electrons. The molecule has 0 spiro atoms. The van der Waals surface area contributed by atoms with Gasteiger partial charge in [0.2, 0.25) is 0 Å². The van der Waals surface area contributed by atoms with Crippen molar-refractivity contribution in [2.75, 3.05) is 0 Å². The zero-order valence-corrected chi connectivity index (χ0v) is 8.86. The fraction of sp³-hybridized carbons (Fsp3) is 0. The zero-order valence-electron chi connectivity index (χ0n) is 5.73. The first kappa shape index (κ1) is 57.9. The van der Waals surface area contributed by atoms with Gasteiger partial charge < -0.3 is 2.85 Å². The predicted octanol–water partition coefficient (Wildman–Crippen LogP) is -8.09. The van der Waals surface area contributed by atoms with Crippen LogP contribution in [-0.4, -0.2) is 42.6 Å². The molecule has 0 saturated heterocycles. The van der Waals surface area contributed by atoms with Gasteiger partial charge >= 0.3 is 80.9 Å². The Bertz CT molecular complexity index is 17.2. The Hall–Kier alpha value is 3.36. The van der Waals surface area contributed by atoms with Gasteiger partial charge in [0.1, 0.15) is 0 Å². The van der Waals surface area contributed by atoms with Crippen molar-refractivity contribution in [3.05, 3.63) is 0 Å². The largest absolute Gasteiger partial charge is 1.00 e. The van der Waals surface area contributed by atoms with E-state index in [9.17, 15) is 0 Å². The van der Waals surface area contributed by atoms with Gasteiger partial charge in [0.25, 0.3) is 0 Å². The van der Waals surface area contributed by atoms with Gasteiger partial charge in [-0.05, 0) is 0 Å². The van der Waals surface area contributed by atoms with Crippen molar-refractivity contribution in [2.45, 2.75) is 0 Å². The minimum atomic E-state index is 0. The number of hydrogen-bond acceptors (Lipinski definition) is 0. The van der Waals surface area contributed by atoms with Crippen LogP contribution in [-0.2, 0) is 0 Å². The van der Waals surface area contributed by atoms with Crippen molar-refractivity contribution < 1.29 is 83.8 Å². The van der Waals surface area contributed by atoms with Crippen molar-refractivity contribution in [3.8, 4) is 0 Å². The Balaban J connectivity index is 0. The molecular formula is H5AlB3KNa. The maximum atomic E-state index is 0. The molecule has 0 aliphatic carbocycles. The van der Waals surface area contributed by atoms with E-state index >= 15 is 0 Å². The molecule has 0 heterocycles. The van der Waals surface area contributed by atoms with Gasteiger partial charge in [-0.25, -0.2) is 0 Å². The number of rotatable bonds is 0. The Morgan fingerprint density at radius 1 is 0.833 bits per heavy atom. The van der Waals surface area contributed by atoms with Gasteiger partial charge in [0.15, 0.2) is 17.4 Å². The molecule has 0 fully saturated rings. The Morgan fingerprint density at radius 2 is 0.833 bits per heavy atom. The molecule has 0 aromatic carbocycles. The van der Waals surface area contributed by atoms with Crippen LogP contribution in [0.5, 0.6) is 0 Å². The van der Waals surface area contributed by atoms with E-state index in [0.29, 0.717) is 0 Å². The minimum absolute atomic E-state index is 0. The van der Waals surface area contributed by atoms with E-state index < -0.39 is 0 Å².